The van der Waals surface area contributed by atoms with Crippen molar-refractivity contribution in [2.24, 2.45) is 5.11 Å². The second kappa shape index (κ2) is 5.75. The van der Waals surface area contributed by atoms with Crippen LogP contribution in [-0.2, 0) is 10.8 Å². The number of nitrogens with zero attached hydrogens (tertiary/aromatic N) is 3. The van der Waals surface area contributed by atoms with Crippen molar-refractivity contribution in [1.29, 1.82) is 0 Å². The molecule has 0 spiro atoms. The number of azide groups is 1. The Labute approximate surface area is 82.7 Å². The van der Waals surface area contributed by atoms with Gasteiger partial charge in [-0.2, -0.15) is 0 Å². The van der Waals surface area contributed by atoms with Gasteiger partial charge in [0.2, 0.25) is 0 Å². The van der Waals surface area contributed by atoms with Crippen LogP contribution < -0.4 is 0 Å². The molecule has 70 valence electrons. The second-order valence-corrected chi connectivity index (χ2v) is 5.03. The second-order valence-electron chi connectivity index (χ2n) is 2.29. The lowest BCUT2D eigenvalue weighted by Gasteiger charge is -1.95. The summed E-state index contributed by atoms with van der Waals surface area (Å²) in [5.74, 6) is 0.569. The third-order valence-corrected chi connectivity index (χ3v) is 4.12. The number of thiophene rings is 1. The van der Waals surface area contributed by atoms with Gasteiger partial charge in [0.1, 0.15) is 0 Å². The molecule has 6 heteroatoms. The first-order chi connectivity index (χ1) is 6.34. The van der Waals surface area contributed by atoms with Gasteiger partial charge in [-0.1, -0.05) is 11.2 Å². The molecule has 0 radical (unpaired) electrons. The standard InChI is InChI=1S/C7H9N3OS2/c8-10-9-4-2-6-13(11)7-3-1-5-12-7/h1,3,5H,2,4,6H2. The van der Waals surface area contributed by atoms with Gasteiger partial charge < -0.3 is 0 Å². The van der Waals surface area contributed by atoms with Crippen LogP contribution in [0.4, 0.5) is 0 Å². The molecular formula is C7H9N3OS2. The summed E-state index contributed by atoms with van der Waals surface area (Å²) >= 11 is 1.49. The minimum Gasteiger partial charge on any atom is -0.254 e. The minimum atomic E-state index is -0.921. The lowest BCUT2D eigenvalue weighted by atomic mass is 10.5. The number of hydrogen-bond donors (Lipinski definition) is 0. The van der Waals surface area contributed by atoms with E-state index >= 15 is 0 Å². The molecule has 0 saturated carbocycles. The van der Waals surface area contributed by atoms with Crippen molar-refractivity contribution in [3.63, 3.8) is 0 Å². The molecule has 1 aromatic heterocycles. The topological polar surface area (TPSA) is 65.8 Å². The Morgan fingerprint density at radius 3 is 3.15 bits per heavy atom. The van der Waals surface area contributed by atoms with E-state index in [0.29, 0.717) is 18.7 Å². The Bertz CT molecular complexity index is 316. The van der Waals surface area contributed by atoms with Crippen molar-refractivity contribution in [3.05, 3.63) is 28.0 Å². The molecule has 0 amide bonds. The average molecular weight is 215 g/mol. The van der Waals surface area contributed by atoms with Crippen LogP contribution in [0.5, 0.6) is 0 Å². The van der Waals surface area contributed by atoms with Crippen molar-refractivity contribution in [2.45, 2.75) is 10.6 Å². The summed E-state index contributed by atoms with van der Waals surface area (Å²) in [6.07, 6.45) is 0.675. The Balaban J connectivity index is 2.30. The highest BCUT2D eigenvalue weighted by atomic mass is 32.2. The molecule has 0 fully saturated rings. The third-order valence-electron chi connectivity index (χ3n) is 1.37. The van der Waals surface area contributed by atoms with Gasteiger partial charge in [-0.15, -0.1) is 11.3 Å². The highest BCUT2D eigenvalue weighted by molar-refractivity contribution is 7.87. The van der Waals surface area contributed by atoms with Gasteiger partial charge in [0.25, 0.3) is 0 Å². The lowest BCUT2D eigenvalue weighted by Crippen LogP contribution is -1.97. The molecule has 0 N–H and O–H groups in total. The van der Waals surface area contributed by atoms with Gasteiger partial charge in [0, 0.05) is 17.2 Å². The van der Waals surface area contributed by atoms with Gasteiger partial charge in [-0.25, -0.2) is 0 Å². The summed E-state index contributed by atoms with van der Waals surface area (Å²) in [6, 6.07) is 3.74. The first-order valence-electron chi connectivity index (χ1n) is 3.77. The first-order valence-corrected chi connectivity index (χ1v) is 5.97. The fourth-order valence-electron chi connectivity index (χ4n) is 0.805. The summed E-state index contributed by atoms with van der Waals surface area (Å²) in [7, 11) is -0.921. The Morgan fingerprint density at radius 2 is 2.54 bits per heavy atom. The molecule has 1 heterocycles. The van der Waals surface area contributed by atoms with E-state index in [1.807, 2.05) is 17.5 Å². The summed E-state index contributed by atoms with van der Waals surface area (Å²) in [4.78, 5) is 2.62. The quantitative estimate of drug-likeness (QED) is 0.322. The third kappa shape index (κ3) is 3.59. The zero-order chi connectivity index (χ0) is 9.52. The predicted molar refractivity (Wildman–Crippen MR) is 54.2 cm³/mol. The smallest absolute Gasteiger partial charge is 0.0910 e. The Kier molecular flexibility index (Phi) is 4.53. The summed E-state index contributed by atoms with van der Waals surface area (Å²) in [5, 5.41) is 5.28. The van der Waals surface area contributed by atoms with E-state index in [0.717, 1.165) is 4.21 Å². The largest absolute Gasteiger partial charge is 0.254 e. The molecule has 0 saturated heterocycles. The van der Waals surface area contributed by atoms with E-state index in [-0.39, 0.29) is 0 Å². The maximum absolute atomic E-state index is 11.5. The molecule has 13 heavy (non-hydrogen) atoms. The summed E-state index contributed by atoms with van der Waals surface area (Å²) in [6.45, 7) is 0.424. The monoisotopic (exact) mass is 215 g/mol. The van der Waals surface area contributed by atoms with Crippen LogP contribution in [-0.4, -0.2) is 16.5 Å². The van der Waals surface area contributed by atoms with Crippen LogP contribution in [0.25, 0.3) is 10.4 Å². The van der Waals surface area contributed by atoms with Gasteiger partial charge in [-0.05, 0) is 23.4 Å². The SMILES string of the molecule is [N-]=[N+]=NCCCS(=O)c1cccs1. The molecular weight excluding hydrogens is 206 g/mol. The molecule has 0 aliphatic carbocycles. The van der Waals surface area contributed by atoms with Gasteiger partial charge in [-0.3, -0.25) is 4.21 Å². The first kappa shape index (κ1) is 10.2. The van der Waals surface area contributed by atoms with Crippen LogP contribution in [0.3, 0.4) is 0 Å². The Morgan fingerprint density at radius 1 is 1.69 bits per heavy atom. The summed E-state index contributed by atoms with van der Waals surface area (Å²) in [5.41, 5.74) is 8.00. The Hall–Kier alpha value is -0.840. The summed E-state index contributed by atoms with van der Waals surface area (Å²) < 4.78 is 12.3. The molecule has 1 aromatic rings. The van der Waals surface area contributed by atoms with Crippen LogP contribution in [0.1, 0.15) is 6.42 Å². The number of hydrogen-bond acceptors (Lipinski definition) is 3. The normalized spacial score (nSPS) is 12.0. The van der Waals surface area contributed by atoms with E-state index in [2.05, 4.69) is 10.0 Å². The van der Waals surface area contributed by atoms with Crippen molar-refractivity contribution >= 4 is 22.1 Å². The van der Waals surface area contributed by atoms with Crippen molar-refractivity contribution in [3.8, 4) is 0 Å². The van der Waals surface area contributed by atoms with Gasteiger partial charge in [0.05, 0.1) is 15.0 Å². The van der Waals surface area contributed by atoms with Gasteiger partial charge >= 0.3 is 0 Å². The highest BCUT2D eigenvalue weighted by Gasteiger charge is 2.02. The predicted octanol–water partition coefficient (Wildman–Crippen LogP) is 2.56. The maximum atomic E-state index is 11.5. The lowest BCUT2D eigenvalue weighted by molar-refractivity contribution is 0.682. The molecule has 0 aromatic carbocycles. The van der Waals surface area contributed by atoms with Crippen LogP contribution in [0, 0.1) is 0 Å². The van der Waals surface area contributed by atoms with Crippen molar-refractivity contribution < 1.29 is 4.21 Å². The maximum Gasteiger partial charge on any atom is 0.0910 e. The van der Waals surface area contributed by atoms with E-state index in [9.17, 15) is 4.21 Å². The average Bonchev–Trinajstić information content (AvgIpc) is 2.65. The molecule has 0 aliphatic heterocycles. The van der Waals surface area contributed by atoms with E-state index in [4.69, 9.17) is 5.53 Å². The van der Waals surface area contributed by atoms with E-state index in [1.165, 1.54) is 11.3 Å². The fourth-order valence-corrected chi connectivity index (χ4v) is 2.92. The van der Waals surface area contributed by atoms with E-state index < -0.39 is 10.8 Å². The molecule has 1 atom stereocenters. The molecule has 0 bridgehead atoms. The van der Waals surface area contributed by atoms with Crippen molar-refractivity contribution in [2.75, 3.05) is 12.3 Å². The minimum absolute atomic E-state index is 0.424. The number of rotatable bonds is 5. The van der Waals surface area contributed by atoms with Crippen LogP contribution >= 0.6 is 11.3 Å². The molecule has 4 nitrogen and oxygen atoms in total. The fraction of sp³-hybridized carbons (Fsp3) is 0.429. The molecule has 1 unspecified atom stereocenters. The zero-order valence-corrected chi connectivity index (χ0v) is 8.55. The zero-order valence-electron chi connectivity index (χ0n) is 6.92. The van der Waals surface area contributed by atoms with Crippen LogP contribution in [0.2, 0.25) is 0 Å². The highest BCUT2D eigenvalue weighted by Crippen LogP contribution is 2.14. The van der Waals surface area contributed by atoms with E-state index in [1.54, 1.807) is 0 Å². The van der Waals surface area contributed by atoms with Gasteiger partial charge in [0.15, 0.2) is 0 Å². The van der Waals surface area contributed by atoms with Crippen LogP contribution in [0.15, 0.2) is 26.8 Å². The van der Waals surface area contributed by atoms with Crippen molar-refractivity contribution in [1.82, 2.24) is 0 Å². The molecule has 0 aliphatic rings. The molecule has 1 rings (SSSR count).